The molecule has 0 aliphatic carbocycles. The van der Waals surface area contributed by atoms with Crippen molar-refractivity contribution in [2.75, 3.05) is 32.7 Å². The van der Waals surface area contributed by atoms with Crippen LogP contribution in [0.2, 0.25) is 0 Å². The molecule has 3 aliphatic heterocycles. The monoisotopic (exact) mass is 399 g/mol. The van der Waals surface area contributed by atoms with Crippen LogP contribution in [0.25, 0.3) is 0 Å². The molecule has 1 aromatic rings. The number of hydrogen-bond acceptors (Lipinski definition) is 4. The lowest BCUT2D eigenvalue weighted by atomic mass is 9.90. The highest BCUT2D eigenvalue weighted by Gasteiger charge is 2.40. The maximum Gasteiger partial charge on any atom is 0.255 e. The van der Waals surface area contributed by atoms with Gasteiger partial charge in [0, 0.05) is 51.9 Å². The lowest BCUT2D eigenvalue weighted by Gasteiger charge is -2.41. The summed E-state index contributed by atoms with van der Waals surface area (Å²) in [5, 5.41) is 3.00. The molecule has 0 bridgehead atoms. The minimum Gasteiger partial charge on any atom is -0.484 e. The molecule has 1 spiro atoms. The molecule has 0 radical (unpaired) electrons. The van der Waals surface area contributed by atoms with Gasteiger partial charge in [0.15, 0.2) is 0 Å². The third kappa shape index (κ3) is 4.23. The maximum absolute atomic E-state index is 12.6. The predicted octanol–water partition coefficient (Wildman–Crippen LogP) is 1.88. The molecule has 3 amide bonds. The molecule has 156 valence electrons. The fraction of sp³-hybridized carbons (Fsp3) is 0.591. The van der Waals surface area contributed by atoms with Gasteiger partial charge >= 0.3 is 0 Å². The zero-order valence-electron chi connectivity index (χ0n) is 17.0. The van der Waals surface area contributed by atoms with E-state index in [9.17, 15) is 14.4 Å². The number of hydrogen-bond donors (Lipinski definition) is 1. The number of carbonyl (C=O) groups is 3. The molecule has 29 heavy (non-hydrogen) atoms. The van der Waals surface area contributed by atoms with Crippen molar-refractivity contribution in [2.45, 2.75) is 51.0 Å². The van der Waals surface area contributed by atoms with Crippen molar-refractivity contribution in [2.24, 2.45) is 0 Å². The molecule has 2 saturated heterocycles. The summed E-state index contributed by atoms with van der Waals surface area (Å²) < 4.78 is 6.33. The number of nitrogens with zero attached hydrogens (tertiary/aromatic N) is 2. The van der Waals surface area contributed by atoms with E-state index in [4.69, 9.17) is 4.74 Å². The first-order valence-electron chi connectivity index (χ1n) is 10.6. The Kier molecular flexibility index (Phi) is 5.48. The molecular formula is C22H29N3O4. The normalized spacial score (nSPS) is 20.9. The second-order valence-electron chi connectivity index (χ2n) is 8.44. The van der Waals surface area contributed by atoms with Gasteiger partial charge < -0.3 is 19.9 Å². The van der Waals surface area contributed by atoms with Gasteiger partial charge in [-0.3, -0.25) is 14.4 Å². The van der Waals surface area contributed by atoms with E-state index in [-0.39, 0.29) is 17.7 Å². The molecular weight excluding hydrogens is 370 g/mol. The van der Waals surface area contributed by atoms with Gasteiger partial charge in [0.2, 0.25) is 11.8 Å². The predicted molar refractivity (Wildman–Crippen MR) is 108 cm³/mol. The average molecular weight is 399 g/mol. The summed E-state index contributed by atoms with van der Waals surface area (Å²) in [6, 6.07) is 5.68. The van der Waals surface area contributed by atoms with Gasteiger partial charge in [-0.25, -0.2) is 0 Å². The Morgan fingerprint density at radius 3 is 2.72 bits per heavy atom. The van der Waals surface area contributed by atoms with Crippen LogP contribution < -0.4 is 10.1 Å². The van der Waals surface area contributed by atoms with Gasteiger partial charge in [0.05, 0.1) is 12.1 Å². The van der Waals surface area contributed by atoms with Crippen LogP contribution in [-0.4, -0.2) is 65.8 Å². The number of carbonyl (C=O) groups excluding carboxylic acids is 3. The molecule has 7 nitrogen and oxygen atoms in total. The number of benzene rings is 1. The summed E-state index contributed by atoms with van der Waals surface area (Å²) in [6.07, 6.45) is 4.14. The smallest absolute Gasteiger partial charge is 0.255 e. The van der Waals surface area contributed by atoms with Crippen LogP contribution >= 0.6 is 0 Å². The summed E-state index contributed by atoms with van der Waals surface area (Å²) in [6.45, 7) is 5.16. The Hall–Kier alpha value is -2.57. The van der Waals surface area contributed by atoms with Gasteiger partial charge in [-0.15, -0.1) is 0 Å². The summed E-state index contributed by atoms with van der Waals surface area (Å²) in [5.74, 6) is 0.872. The molecule has 4 rings (SSSR count). The van der Waals surface area contributed by atoms with Gasteiger partial charge in [-0.05, 0) is 31.9 Å². The zero-order valence-corrected chi connectivity index (χ0v) is 17.0. The Bertz CT molecular complexity index is 814. The van der Waals surface area contributed by atoms with Crippen molar-refractivity contribution in [3.05, 3.63) is 29.3 Å². The van der Waals surface area contributed by atoms with E-state index in [1.165, 1.54) is 0 Å². The summed E-state index contributed by atoms with van der Waals surface area (Å²) in [4.78, 5) is 40.4. The highest BCUT2D eigenvalue weighted by atomic mass is 16.5. The maximum atomic E-state index is 12.6. The quantitative estimate of drug-likeness (QED) is 0.839. The SMILES string of the molecule is Cc1ccc2c(c1)C(=O)NCC1(CCN(C(=O)CCCN3CCCC3=O)CC1)O2. The molecule has 3 aliphatic rings. The Morgan fingerprint density at radius 1 is 1.21 bits per heavy atom. The molecule has 1 N–H and O–H groups in total. The second kappa shape index (κ2) is 8.05. The van der Waals surface area contributed by atoms with Gasteiger partial charge in [-0.2, -0.15) is 0 Å². The Labute approximate surface area is 171 Å². The largest absolute Gasteiger partial charge is 0.484 e. The van der Waals surface area contributed by atoms with Crippen LogP contribution in [0.4, 0.5) is 0 Å². The number of nitrogens with one attached hydrogen (secondary N) is 1. The molecule has 7 heteroatoms. The average Bonchev–Trinajstić information content (AvgIpc) is 3.07. The topological polar surface area (TPSA) is 79.0 Å². The number of amides is 3. The molecule has 0 unspecified atom stereocenters. The number of rotatable bonds is 4. The summed E-state index contributed by atoms with van der Waals surface area (Å²) >= 11 is 0. The molecule has 1 aromatic carbocycles. The first-order chi connectivity index (χ1) is 14.0. The molecule has 2 fully saturated rings. The lowest BCUT2D eigenvalue weighted by molar-refractivity contribution is -0.135. The number of aryl methyl sites for hydroxylation is 1. The van der Waals surface area contributed by atoms with Crippen LogP contribution in [0.5, 0.6) is 5.75 Å². The number of piperidine rings is 1. The highest BCUT2D eigenvalue weighted by molar-refractivity contribution is 5.97. The van der Waals surface area contributed by atoms with Crippen LogP contribution in [0.1, 0.15) is 54.4 Å². The second-order valence-corrected chi connectivity index (χ2v) is 8.44. The van der Waals surface area contributed by atoms with E-state index < -0.39 is 5.60 Å². The molecule has 0 aromatic heterocycles. The van der Waals surface area contributed by atoms with Gasteiger partial charge in [-0.1, -0.05) is 11.6 Å². The van der Waals surface area contributed by atoms with Crippen LogP contribution in [-0.2, 0) is 9.59 Å². The number of fused-ring (bicyclic) bond motifs is 1. The standard InChI is InChI=1S/C22H29N3O4/c1-16-6-7-18-17(14-16)21(28)23-15-22(29-18)8-12-25(13-9-22)20(27)5-3-11-24-10-2-4-19(24)26/h6-7,14H,2-5,8-13,15H2,1H3,(H,23,28). The van der Waals surface area contributed by atoms with E-state index in [0.717, 1.165) is 18.5 Å². The van der Waals surface area contributed by atoms with E-state index >= 15 is 0 Å². The minimum atomic E-state index is -0.463. The van der Waals surface area contributed by atoms with Crippen LogP contribution in [0, 0.1) is 6.92 Å². The van der Waals surface area contributed by atoms with Crippen molar-refractivity contribution in [1.82, 2.24) is 15.1 Å². The van der Waals surface area contributed by atoms with E-state index in [1.807, 2.05) is 34.9 Å². The first kappa shape index (κ1) is 19.7. The van der Waals surface area contributed by atoms with E-state index in [0.29, 0.717) is 69.6 Å². The fourth-order valence-electron chi connectivity index (χ4n) is 4.48. The van der Waals surface area contributed by atoms with Gasteiger partial charge in [0.25, 0.3) is 5.91 Å². The van der Waals surface area contributed by atoms with Crippen molar-refractivity contribution in [3.63, 3.8) is 0 Å². The van der Waals surface area contributed by atoms with Crippen molar-refractivity contribution in [3.8, 4) is 5.75 Å². The van der Waals surface area contributed by atoms with Crippen molar-refractivity contribution >= 4 is 17.7 Å². The van der Waals surface area contributed by atoms with Crippen LogP contribution in [0.3, 0.4) is 0 Å². The van der Waals surface area contributed by atoms with Crippen molar-refractivity contribution in [1.29, 1.82) is 0 Å². The number of ether oxygens (including phenoxy) is 1. The lowest BCUT2D eigenvalue weighted by Crippen LogP contribution is -2.54. The molecule has 0 atom stereocenters. The third-order valence-electron chi connectivity index (χ3n) is 6.29. The minimum absolute atomic E-state index is 0.101. The van der Waals surface area contributed by atoms with Crippen LogP contribution in [0.15, 0.2) is 18.2 Å². The molecule has 3 heterocycles. The van der Waals surface area contributed by atoms with Gasteiger partial charge in [0.1, 0.15) is 11.4 Å². The van der Waals surface area contributed by atoms with Crippen molar-refractivity contribution < 1.29 is 19.1 Å². The third-order valence-corrected chi connectivity index (χ3v) is 6.29. The van der Waals surface area contributed by atoms with E-state index in [1.54, 1.807) is 0 Å². The Morgan fingerprint density at radius 2 is 2.00 bits per heavy atom. The summed E-state index contributed by atoms with van der Waals surface area (Å²) in [7, 11) is 0. The number of likely N-dealkylation sites (tertiary alicyclic amines) is 2. The highest BCUT2D eigenvalue weighted by Crippen LogP contribution is 2.33. The fourth-order valence-corrected chi connectivity index (χ4v) is 4.48. The summed E-state index contributed by atoms with van der Waals surface area (Å²) in [5.41, 5.74) is 1.14. The molecule has 0 saturated carbocycles. The van der Waals surface area contributed by atoms with E-state index in [2.05, 4.69) is 5.32 Å². The first-order valence-corrected chi connectivity index (χ1v) is 10.6. The zero-order chi connectivity index (χ0) is 20.4. The Balaban J connectivity index is 1.31.